The first-order valence-electron chi connectivity index (χ1n) is 11.4. The first-order chi connectivity index (χ1) is 14.7. The fourth-order valence-electron chi connectivity index (χ4n) is 4.92. The molecule has 0 aliphatic carbocycles. The summed E-state index contributed by atoms with van der Waals surface area (Å²) in [5.41, 5.74) is 2.68. The molecular formula is C23H38IN5O2. The van der Waals surface area contributed by atoms with Gasteiger partial charge in [-0.1, -0.05) is 29.8 Å². The van der Waals surface area contributed by atoms with Crippen molar-refractivity contribution in [2.45, 2.75) is 25.4 Å². The normalized spacial score (nSPS) is 24.6. The van der Waals surface area contributed by atoms with Crippen LogP contribution in [0.1, 0.15) is 23.6 Å². The zero-order chi connectivity index (χ0) is 20.8. The molecule has 7 nitrogen and oxygen atoms in total. The highest BCUT2D eigenvalue weighted by molar-refractivity contribution is 14.0. The highest BCUT2D eigenvalue weighted by atomic mass is 127. The average Bonchev–Trinajstić information content (AvgIpc) is 3.28. The highest BCUT2D eigenvalue weighted by Crippen LogP contribution is 2.23. The van der Waals surface area contributed by atoms with E-state index >= 15 is 0 Å². The summed E-state index contributed by atoms with van der Waals surface area (Å²) in [7, 11) is 1.90. The number of likely N-dealkylation sites (tertiary alicyclic amines) is 1. The van der Waals surface area contributed by atoms with Crippen LogP contribution in [0, 0.1) is 6.92 Å². The fraction of sp³-hybridized carbons (Fsp3) is 0.696. The second-order valence-corrected chi connectivity index (χ2v) is 8.54. The molecule has 3 heterocycles. The quantitative estimate of drug-likeness (QED) is 0.349. The fourth-order valence-corrected chi connectivity index (χ4v) is 4.92. The predicted molar refractivity (Wildman–Crippen MR) is 135 cm³/mol. The Bertz CT molecular complexity index is 707. The summed E-state index contributed by atoms with van der Waals surface area (Å²) in [6, 6.07) is 9.83. The van der Waals surface area contributed by atoms with Gasteiger partial charge in [-0.05, 0) is 18.9 Å². The topological polar surface area (TPSA) is 52.6 Å². The van der Waals surface area contributed by atoms with Crippen molar-refractivity contribution in [2.24, 2.45) is 4.99 Å². The van der Waals surface area contributed by atoms with E-state index in [4.69, 9.17) is 9.47 Å². The number of rotatable bonds is 5. The van der Waals surface area contributed by atoms with E-state index in [1.165, 1.54) is 17.5 Å². The number of nitrogens with one attached hydrogen (secondary N) is 1. The summed E-state index contributed by atoms with van der Waals surface area (Å²) in [5.74, 6) is 1.02. The van der Waals surface area contributed by atoms with Crippen LogP contribution in [0.3, 0.4) is 0 Å². The lowest BCUT2D eigenvalue weighted by Gasteiger charge is -2.36. The zero-order valence-electron chi connectivity index (χ0n) is 19.0. The third-order valence-electron chi connectivity index (χ3n) is 6.60. The van der Waals surface area contributed by atoms with Gasteiger partial charge in [0.15, 0.2) is 5.96 Å². The molecule has 1 N–H and O–H groups in total. The molecule has 31 heavy (non-hydrogen) atoms. The molecule has 3 aliphatic rings. The van der Waals surface area contributed by atoms with Crippen LogP contribution in [0.15, 0.2) is 29.3 Å². The number of hydrogen-bond donors (Lipinski definition) is 1. The number of benzene rings is 1. The number of morpholine rings is 2. The first kappa shape index (κ1) is 24.7. The van der Waals surface area contributed by atoms with Crippen LogP contribution in [-0.4, -0.2) is 106 Å². The highest BCUT2D eigenvalue weighted by Gasteiger charge is 2.31. The van der Waals surface area contributed by atoms with Crippen LogP contribution in [-0.2, 0) is 9.47 Å². The summed E-state index contributed by atoms with van der Waals surface area (Å²) in [4.78, 5) is 12.2. The van der Waals surface area contributed by atoms with Crippen molar-refractivity contribution in [2.75, 3.05) is 79.3 Å². The van der Waals surface area contributed by atoms with Crippen molar-refractivity contribution in [3.63, 3.8) is 0 Å². The molecule has 3 aliphatic heterocycles. The summed E-state index contributed by atoms with van der Waals surface area (Å²) in [6.45, 7) is 12.5. The molecule has 1 aromatic carbocycles. The van der Waals surface area contributed by atoms with E-state index in [2.05, 4.69) is 56.2 Å². The van der Waals surface area contributed by atoms with Crippen molar-refractivity contribution in [3.8, 4) is 0 Å². The van der Waals surface area contributed by atoms with Crippen LogP contribution in [0.2, 0.25) is 0 Å². The lowest BCUT2D eigenvalue weighted by atomic mass is 10.0. The van der Waals surface area contributed by atoms with E-state index in [-0.39, 0.29) is 24.0 Å². The number of aliphatic imine (C=N–C) groups is 1. The number of hydrogen-bond acceptors (Lipinski definition) is 5. The number of guanidine groups is 1. The van der Waals surface area contributed by atoms with Gasteiger partial charge >= 0.3 is 0 Å². The van der Waals surface area contributed by atoms with Gasteiger partial charge in [0, 0.05) is 58.9 Å². The van der Waals surface area contributed by atoms with Crippen LogP contribution in [0.25, 0.3) is 0 Å². The monoisotopic (exact) mass is 543 g/mol. The minimum absolute atomic E-state index is 0. The molecule has 0 spiro atoms. The number of nitrogens with zero attached hydrogens (tertiary/aromatic N) is 4. The molecule has 3 fully saturated rings. The predicted octanol–water partition coefficient (Wildman–Crippen LogP) is 1.97. The number of ether oxygens (including phenoxy) is 2. The second kappa shape index (κ2) is 12.3. The second-order valence-electron chi connectivity index (χ2n) is 8.54. The lowest BCUT2D eigenvalue weighted by molar-refractivity contribution is 0.0167. The van der Waals surface area contributed by atoms with Crippen molar-refractivity contribution in [3.05, 3.63) is 35.4 Å². The zero-order valence-corrected chi connectivity index (χ0v) is 21.3. The molecule has 0 amide bonds. The number of aryl methyl sites for hydroxylation is 1. The van der Waals surface area contributed by atoms with Gasteiger partial charge < -0.3 is 19.7 Å². The van der Waals surface area contributed by atoms with Crippen molar-refractivity contribution >= 4 is 29.9 Å². The average molecular weight is 543 g/mol. The Morgan fingerprint density at radius 3 is 2.48 bits per heavy atom. The van der Waals surface area contributed by atoms with E-state index in [0.29, 0.717) is 12.1 Å². The molecule has 0 radical (unpaired) electrons. The Hall–Kier alpha value is -0.940. The Kier molecular flexibility index (Phi) is 9.83. The minimum Gasteiger partial charge on any atom is -0.379 e. The largest absolute Gasteiger partial charge is 0.379 e. The van der Waals surface area contributed by atoms with E-state index in [1.807, 2.05) is 7.05 Å². The standard InChI is InChI=1S/C23H37N5O2.HI/c1-19-4-3-5-20(16-19)22(27-10-14-30-15-11-27)17-25-23(24-2)28-7-6-21(18-28)26-8-12-29-13-9-26;/h3-5,16,21-22H,6-15,17-18H2,1-2H3,(H,24,25);1H. The summed E-state index contributed by atoms with van der Waals surface area (Å²) in [6.07, 6.45) is 1.20. The van der Waals surface area contributed by atoms with Crippen LogP contribution >= 0.6 is 24.0 Å². The van der Waals surface area contributed by atoms with Crippen molar-refractivity contribution in [1.29, 1.82) is 0 Å². The Balaban J connectivity index is 0.00000272. The molecule has 3 saturated heterocycles. The van der Waals surface area contributed by atoms with Crippen molar-refractivity contribution in [1.82, 2.24) is 20.0 Å². The van der Waals surface area contributed by atoms with E-state index in [9.17, 15) is 0 Å². The van der Waals surface area contributed by atoms with Gasteiger partial charge in [-0.25, -0.2) is 0 Å². The maximum atomic E-state index is 5.60. The lowest BCUT2D eigenvalue weighted by Crippen LogP contribution is -2.48. The van der Waals surface area contributed by atoms with Gasteiger partial charge in [0.2, 0.25) is 0 Å². The van der Waals surface area contributed by atoms with Gasteiger partial charge in [0.1, 0.15) is 0 Å². The Labute approximate surface area is 204 Å². The van der Waals surface area contributed by atoms with E-state index < -0.39 is 0 Å². The van der Waals surface area contributed by atoms with Gasteiger partial charge in [0.25, 0.3) is 0 Å². The summed E-state index contributed by atoms with van der Waals surface area (Å²) in [5, 5.41) is 3.70. The third kappa shape index (κ3) is 6.54. The molecule has 2 atom stereocenters. The number of halogens is 1. The van der Waals surface area contributed by atoms with E-state index in [1.54, 1.807) is 0 Å². The molecule has 174 valence electrons. The maximum absolute atomic E-state index is 5.60. The van der Waals surface area contributed by atoms with Gasteiger partial charge in [-0.15, -0.1) is 24.0 Å². The van der Waals surface area contributed by atoms with Crippen molar-refractivity contribution < 1.29 is 9.47 Å². The van der Waals surface area contributed by atoms with Gasteiger partial charge in [0.05, 0.1) is 32.5 Å². The molecule has 4 rings (SSSR count). The van der Waals surface area contributed by atoms with Crippen LogP contribution < -0.4 is 5.32 Å². The first-order valence-corrected chi connectivity index (χ1v) is 11.4. The van der Waals surface area contributed by atoms with Gasteiger partial charge in [-0.2, -0.15) is 0 Å². The molecular weight excluding hydrogens is 505 g/mol. The molecule has 0 bridgehead atoms. The molecule has 0 aromatic heterocycles. The molecule has 0 saturated carbocycles. The smallest absolute Gasteiger partial charge is 0.193 e. The maximum Gasteiger partial charge on any atom is 0.193 e. The Morgan fingerprint density at radius 2 is 1.81 bits per heavy atom. The minimum atomic E-state index is 0. The van der Waals surface area contributed by atoms with Crippen LogP contribution in [0.4, 0.5) is 0 Å². The summed E-state index contributed by atoms with van der Waals surface area (Å²) >= 11 is 0. The Morgan fingerprint density at radius 1 is 1.10 bits per heavy atom. The molecule has 8 heteroatoms. The summed E-state index contributed by atoms with van der Waals surface area (Å²) < 4.78 is 11.1. The van der Waals surface area contributed by atoms with E-state index in [0.717, 1.165) is 78.2 Å². The third-order valence-corrected chi connectivity index (χ3v) is 6.60. The SMILES string of the molecule is CN=C(NCC(c1cccc(C)c1)N1CCOCC1)N1CCC(N2CCOCC2)C1.I. The molecule has 1 aromatic rings. The van der Waals surface area contributed by atoms with Crippen LogP contribution in [0.5, 0.6) is 0 Å². The van der Waals surface area contributed by atoms with Gasteiger partial charge in [-0.3, -0.25) is 14.8 Å². The molecule has 2 unspecified atom stereocenters.